The minimum absolute atomic E-state index is 0.226. The standard InChI is InChI=1S/C12H14N4O2/c13-7-3-1-5-9(11(14)17)16-12(18)10-6-2-4-8-15-10/h2,4,6,8-9H,1,3,5H2,(H2,14,17)(H,16,18)/t9-/m0/s1. The molecule has 0 unspecified atom stereocenters. The molecule has 0 fully saturated rings. The molecule has 0 saturated heterocycles. The summed E-state index contributed by atoms with van der Waals surface area (Å²) in [6, 6.07) is 6.11. The Labute approximate surface area is 105 Å². The number of nitriles is 1. The van der Waals surface area contributed by atoms with Gasteiger partial charge in [0.25, 0.3) is 5.91 Å². The Balaban J connectivity index is 2.59. The first-order valence-electron chi connectivity index (χ1n) is 5.53. The molecule has 0 aromatic carbocycles. The van der Waals surface area contributed by atoms with Crippen LogP contribution in [0, 0.1) is 11.3 Å². The number of primary amides is 1. The highest BCUT2D eigenvalue weighted by molar-refractivity contribution is 5.95. The van der Waals surface area contributed by atoms with Crippen LogP contribution < -0.4 is 11.1 Å². The first kappa shape index (κ1) is 13.6. The first-order valence-corrected chi connectivity index (χ1v) is 5.53. The molecule has 0 bridgehead atoms. The molecule has 3 N–H and O–H groups in total. The Kier molecular flexibility index (Phi) is 5.32. The largest absolute Gasteiger partial charge is 0.368 e. The van der Waals surface area contributed by atoms with E-state index in [9.17, 15) is 9.59 Å². The third kappa shape index (κ3) is 4.22. The monoisotopic (exact) mass is 246 g/mol. The number of nitrogens with zero attached hydrogens (tertiary/aromatic N) is 2. The van der Waals surface area contributed by atoms with Gasteiger partial charge in [-0.05, 0) is 25.0 Å². The number of nitrogens with one attached hydrogen (secondary N) is 1. The molecule has 1 aromatic heterocycles. The summed E-state index contributed by atoms with van der Waals surface area (Å²) in [6.07, 6.45) is 2.67. The molecule has 94 valence electrons. The van der Waals surface area contributed by atoms with Crippen molar-refractivity contribution in [2.45, 2.75) is 25.3 Å². The van der Waals surface area contributed by atoms with E-state index in [-0.39, 0.29) is 5.69 Å². The predicted octanol–water partition coefficient (Wildman–Crippen LogP) is 0.359. The number of hydrogen-bond donors (Lipinski definition) is 2. The molecule has 18 heavy (non-hydrogen) atoms. The SMILES string of the molecule is N#CCCC[C@H](NC(=O)c1ccccn1)C(N)=O. The minimum atomic E-state index is -0.771. The highest BCUT2D eigenvalue weighted by Gasteiger charge is 2.18. The molecule has 0 radical (unpaired) electrons. The molecule has 0 aliphatic heterocycles. The van der Waals surface area contributed by atoms with Crippen LogP contribution in [-0.4, -0.2) is 22.8 Å². The summed E-state index contributed by atoms with van der Waals surface area (Å²) >= 11 is 0. The number of carbonyl (C=O) groups is 2. The maximum Gasteiger partial charge on any atom is 0.270 e. The van der Waals surface area contributed by atoms with Crippen molar-refractivity contribution in [3.05, 3.63) is 30.1 Å². The van der Waals surface area contributed by atoms with Crippen LogP contribution in [-0.2, 0) is 4.79 Å². The van der Waals surface area contributed by atoms with Crippen LogP contribution in [0.1, 0.15) is 29.8 Å². The molecule has 1 aromatic rings. The molecular weight excluding hydrogens is 232 g/mol. The Bertz CT molecular complexity index is 453. The summed E-state index contributed by atoms with van der Waals surface area (Å²) in [7, 11) is 0. The molecule has 1 rings (SSSR count). The van der Waals surface area contributed by atoms with E-state index in [0.717, 1.165) is 0 Å². The van der Waals surface area contributed by atoms with Crippen LogP contribution in [0.3, 0.4) is 0 Å². The van der Waals surface area contributed by atoms with Crippen LogP contribution in [0.25, 0.3) is 0 Å². The lowest BCUT2D eigenvalue weighted by atomic mass is 10.1. The quantitative estimate of drug-likeness (QED) is 0.706. The van der Waals surface area contributed by atoms with Crippen LogP contribution >= 0.6 is 0 Å². The van der Waals surface area contributed by atoms with E-state index in [0.29, 0.717) is 19.3 Å². The van der Waals surface area contributed by atoms with Gasteiger partial charge in [0.2, 0.25) is 5.91 Å². The van der Waals surface area contributed by atoms with Gasteiger partial charge in [0, 0.05) is 12.6 Å². The number of nitrogens with two attached hydrogens (primary N) is 1. The molecule has 2 amide bonds. The zero-order valence-corrected chi connectivity index (χ0v) is 9.80. The molecule has 6 nitrogen and oxygen atoms in total. The minimum Gasteiger partial charge on any atom is -0.368 e. The Morgan fingerprint density at radius 2 is 2.28 bits per heavy atom. The first-order chi connectivity index (χ1) is 8.65. The number of aromatic nitrogens is 1. The Hall–Kier alpha value is -2.42. The summed E-state index contributed by atoms with van der Waals surface area (Å²) < 4.78 is 0. The number of pyridine rings is 1. The second-order valence-electron chi connectivity index (χ2n) is 3.69. The lowest BCUT2D eigenvalue weighted by molar-refractivity contribution is -0.120. The van der Waals surface area contributed by atoms with Gasteiger partial charge in [-0.1, -0.05) is 6.07 Å². The van der Waals surface area contributed by atoms with Crippen molar-refractivity contribution in [2.75, 3.05) is 0 Å². The second kappa shape index (κ2) is 7.01. The van der Waals surface area contributed by atoms with E-state index in [4.69, 9.17) is 11.0 Å². The fraction of sp³-hybridized carbons (Fsp3) is 0.333. The van der Waals surface area contributed by atoms with Crippen molar-refractivity contribution in [1.29, 1.82) is 5.26 Å². The smallest absolute Gasteiger partial charge is 0.270 e. The van der Waals surface area contributed by atoms with Crippen LogP contribution in [0.5, 0.6) is 0 Å². The molecule has 6 heteroatoms. The predicted molar refractivity (Wildman–Crippen MR) is 64.1 cm³/mol. The Morgan fingerprint density at radius 3 is 2.83 bits per heavy atom. The van der Waals surface area contributed by atoms with E-state index < -0.39 is 17.9 Å². The topological polar surface area (TPSA) is 109 Å². The van der Waals surface area contributed by atoms with E-state index in [2.05, 4.69) is 10.3 Å². The normalized spacial score (nSPS) is 11.3. The van der Waals surface area contributed by atoms with E-state index in [1.54, 1.807) is 18.2 Å². The van der Waals surface area contributed by atoms with Gasteiger partial charge in [-0.25, -0.2) is 0 Å². The van der Waals surface area contributed by atoms with Gasteiger partial charge in [-0.2, -0.15) is 5.26 Å². The molecule has 0 saturated carbocycles. The zero-order valence-electron chi connectivity index (χ0n) is 9.80. The van der Waals surface area contributed by atoms with E-state index >= 15 is 0 Å². The van der Waals surface area contributed by atoms with Gasteiger partial charge < -0.3 is 11.1 Å². The summed E-state index contributed by atoms with van der Waals surface area (Å²) in [6.45, 7) is 0. The highest BCUT2D eigenvalue weighted by Crippen LogP contribution is 2.02. The highest BCUT2D eigenvalue weighted by atomic mass is 16.2. The fourth-order valence-corrected chi connectivity index (χ4v) is 1.40. The van der Waals surface area contributed by atoms with Crippen LogP contribution in [0.4, 0.5) is 0 Å². The summed E-state index contributed by atoms with van der Waals surface area (Å²) in [4.78, 5) is 26.8. The van der Waals surface area contributed by atoms with Gasteiger partial charge in [-0.15, -0.1) is 0 Å². The van der Waals surface area contributed by atoms with E-state index in [1.807, 2.05) is 6.07 Å². The second-order valence-corrected chi connectivity index (χ2v) is 3.69. The maximum atomic E-state index is 11.7. The van der Waals surface area contributed by atoms with Crippen molar-refractivity contribution >= 4 is 11.8 Å². The average molecular weight is 246 g/mol. The number of unbranched alkanes of at least 4 members (excludes halogenated alkanes) is 1. The molecule has 0 aliphatic carbocycles. The third-order valence-corrected chi connectivity index (χ3v) is 2.33. The van der Waals surface area contributed by atoms with Crippen molar-refractivity contribution < 1.29 is 9.59 Å². The molecule has 1 heterocycles. The molecule has 0 aliphatic rings. The summed E-state index contributed by atoms with van der Waals surface area (Å²) in [5.41, 5.74) is 5.41. The lowest BCUT2D eigenvalue weighted by Gasteiger charge is -2.14. The van der Waals surface area contributed by atoms with Gasteiger partial charge in [-0.3, -0.25) is 14.6 Å². The van der Waals surface area contributed by atoms with Crippen molar-refractivity contribution in [3.8, 4) is 6.07 Å². The van der Waals surface area contributed by atoms with Gasteiger partial charge in [0.05, 0.1) is 6.07 Å². The number of carbonyl (C=O) groups excluding carboxylic acids is 2. The number of hydrogen-bond acceptors (Lipinski definition) is 4. The van der Waals surface area contributed by atoms with Crippen LogP contribution in [0.2, 0.25) is 0 Å². The molecule has 0 spiro atoms. The molecule has 1 atom stereocenters. The Morgan fingerprint density at radius 1 is 1.50 bits per heavy atom. The maximum absolute atomic E-state index is 11.7. The number of rotatable bonds is 6. The van der Waals surface area contributed by atoms with Crippen molar-refractivity contribution in [2.24, 2.45) is 5.73 Å². The summed E-state index contributed by atoms with van der Waals surface area (Å²) in [5.74, 6) is -1.06. The van der Waals surface area contributed by atoms with Gasteiger partial charge in [0.15, 0.2) is 0 Å². The molecular formula is C12H14N4O2. The third-order valence-electron chi connectivity index (χ3n) is 2.33. The fourth-order valence-electron chi connectivity index (χ4n) is 1.40. The summed E-state index contributed by atoms with van der Waals surface area (Å²) in [5, 5.41) is 10.9. The zero-order chi connectivity index (χ0) is 13.4. The lowest BCUT2D eigenvalue weighted by Crippen LogP contribution is -2.44. The van der Waals surface area contributed by atoms with Gasteiger partial charge in [0.1, 0.15) is 11.7 Å². The van der Waals surface area contributed by atoms with Crippen molar-refractivity contribution in [3.63, 3.8) is 0 Å². The van der Waals surface area contributed by atoms with Gasteiger partial charge >= 0.3 is 0 Å². The average Bonchev–Trinajstić information content (AvgIpc) is 2.38. The van der Waals surface area contributed by atoms with Crippen molar-refractivity contribution in [1.82, 2.24) is 10.3 Å². The van der Waals surface area contributed by atoms with E-state index in [1.165, 1.54) is 6.20 Å². The number of amides is 2. The van der Waals surface area contributed by atoms with Crippen LogP contribution in [0.15, 0.2) is 24.4 Å².